The number of hydrogen-bond acceptors (Lipinski definition) is 5. The van der Waals surface area contributed by atoms with Crippen LogP contribution in [0.25, 0.3) is 11.3 Å². The first kappa shape index (κ1) is 21.6. The van der Waals surface area contributed by atoms with E-state index in [1.807, 2.05) is 24.3 Å². The molecular weight excluding hydrogens is 416 g/mol. The molecule has 33 heavy (non-hydrogen) atoms. The molecule has 2 aromatic carbocycles. The summed E-state index contributed by atoms with van der Waals surface area (Å²) in [6.45, 7) is 2.86. The predicted octanol–water partition coefficient (Wildman–Crippen LogP) is 4.39. The summed E-state index contributed by atoms with van der Waals surface area (Å²) in [7, 11) is 3.34. The third-order valence-corrected chi connectivity index (χ3v) is 6.34. The Morgan fingerprint density at radius 2 is 1.85 bits per heavy atom. The number of methoxy groups -OCH3 is 2. The highest BCUT2D eigenvalue weighted by atomic mass is 16.5. The molecule has 3 aromatic rings. The van der Waals surface area contributed by atoms with Crippen molar-refractivity contribution in [2.75, 3.05) is 27.4 Å². The van der Waals surface area contributed by atoms with Gasteiger partial charge in [0.2, 0.25) is 0 Å². The predicted molar refractivity (Wildman–Crippen MR) is 127 cm³/mol. The van der Waals surface area contributed by atoms with E-state index in [-0.39, 0.29) is 6.10 Å². The van der Waals surface area contributed by atoms with Crippen LogP contribution in [0.2, 0.25) is 0 Å². The van der Waals surface area contributed by atoms with E-state index < -0.39 is 0 Å². The molecule has 0 aliphatic carbocycles. The molecule has 3 heterocycles. The molecule has 5 rings (SSSR count). The Bertz CT molecular complexity index is 1180. The Morgan fingerprint density at radius 1 is 1.03 bits per heavy atom. The third kappa shape index (κ3) is 4.62. The van der Waals surface area contributed by atoms with Gasteiger partial charge in [-0.2, -0.15) is 0 Å². The maximum Gasteiger partial charge on any atom is 0.161 e. The molecule has 0 spiro atoms. The number of rotatable bonds is 7. The molecule has 1 unspecified atom stereocenters. The van der Waals surface area contributed by atoms with Gasteiger partial charge >= 0.3 is 0 Å². The van der Waals surface area contributed by atoms with Gasteiger partial charge in [-0.3, -0.25) is 4.99 Å². The second kappa shape index (κ2) is 9.71. The van der Waals surface area contributed by atoms with Crippen molar-refractivity contribution in [1.29, 1.82) is 0 Å². The van der Waals surface area contributed by atoms with E-state index in [0.29, 0.717) is 13.2 Å². The summed E-state index contributed by atoms with van der Waals surface area (Å²) in [5, 5.41) is 0. The Kier molecular flexibility index (Phi) is 6.35. The number of aryl methyl sites for hydroxylation is 1. The molecule has 0 amide bonds. The molecular formula is C27H30N2O4. The second-order valence-electron chi connectivity index (χ2n) is 8.45. The highest BCUT2D eigenvalue weighted by Crippen LogP contribution is 2.38. The molecule has 6 nitrogen and oxygen atoms in total. The zero-order valence-electron chi connectivity index (χ0n) is 19.3. The van der Waals surface area contributed by atoms with E-state index in [1.165, 1.54) is 5.56 Å². The van der Waals surface area contributed by atoms with E-state index in [4.69, 9.17) is 23.9 Å². The first-order valence-corrected chi connectivity index (χ1v) is 11.5. The van der Waals surface area contributed by atoms with Gasteiger partial charge in [0.1, 0.15) is 17.8 Å². The summed E-state index contributed by atoms with van der Waals surface area (Å²) in [5.41, 5.74) is 5.49. The van der Waals surface area contributed by atoms with E-state index in [1.54, 1.807) is 14.2 Å². The number of pyridine rings is 1. The highest BCUT2D eigenvalue weighted by molar-refractivity contribution is 5.71. The fourth-order valence-electron chi connectivity index (χ4n) is 4.58. The quantitative estimate of drug-likeness (QED) is 0.540. The molecule has 0 saturated carbocycles. The second-order valence-corrected chi connectivity index (χ2v) is 8.45. The van der Waals surface area contributed by atoms with Gasteiger partial charge in [0.15, 0.2) is 11.5 Å². The summed E-state index contributed by atoms with van der Waals surface area (Å²) in [6, 6.07) is 18.5. The van der Waals surface area contributed by atoms with E-state index in [2.05, 4.69) is 34.9 Å². The SMILES string of the molecule is COc1cc2c(cc1OC)-c1cc(OCc3ccccc3)cc(=NCC3CCCO3)n1CC2. The molecule has 1 atom stereocenters. The lowest BCUT2D eigenvalue weighted by Gasteiger charge is -2.25. The maximum atomic E-state index is 6.23. The maximum absolute atomic E-state index is 6.23. The van der Waals surface area contributed by atoms with Gasteiger partial charge in [0.25, 0.3) is 0 Å². The van der Waals surface area contributed by atoms with Crippen LogP contribution in [-0.4, -0.2) is 38.0 Å². The van der Waals surface area contributed by atoms with Crippen molar-refractivity contribution in [3.05, 3.63) is 71.2 Å². The van der Waals surface area contributed by atoms with Crippen LogP contribution < -0.4 is 19.7 Å². The van der Waals surface area contributed by atoms with Crippen molar-refractivity contribution in [2.45, 2.75) is 38.5 Å². The van der Waals surface area contributed by atoms with Crippen LogP contribution in [-0.2, 0) is 24.3 Å². The summed E-state index contributed by atoms with van der Waals surface area (Å²) >= 11 is 0. The minimum Gasteiger partial charge on any atom is -0.493 e. The number of fused-ring (bicyclic) bond motifs is 3. The largest absolute Gasteiger partial charge is 0.493 e. The smallest absolute Gasteiger partial charge is 0.161 e. The number of benzene rings is 2. The van der Waals surface area contributed by atoms with Gasteiger partial charge in [0, 0.05) is 30.8 Å². The monoisotopic (exact) mass is 446 g/mol. The average molecular weight is 447 g/mol. The topological polar surface area (TPSA) is 54.2 Å². The molecule has 0 bridgehead atoms. The molecule has 0 radical (unpaired) electrons. The molecule has 0 N–H and O–H groups in total. The van der Waals surface area contributed by atoms with Gasteiger partial charge in [-0.15, -0.1) is 0 Å². The average Bonchev–Trinajstić information content (AvgIpc) is 3.39. The molecule has 1 aromatic heterocycles. The lowest BCUT2D eigenvalue weighted by Crippen LogP contribution is -2.28. The van der Waals surface area contributed by atoms with Gasteiger partial charge in [-0.05, 0) is 42.5 Å². The standard InChI is InChI=1S/C27H30N2O4/c1-30-25-13-20-10-11-29-24(23(20)16-26(25)31-2)14-22(33-18-19-7-4-3-5-8-19)15-27(29)28-17-21-9-6-12-32-21/h3-5,7-8,13-16,21H,6,9-12,17-18H2,1-2H3. The van der Waals surface area contributed by atoms with Gasteiger partial charge < -0.3 is 23.5 Å². The fraction of sp³-hybridized carbons (Fsp3) is 0.370. The van der Waals surface area contributed by atoms with Crippen LogP contribution in [0, 0.1) is 0 Å². The number of nitrogens with zero attached hydrogens (tertiary/aromatic N) is 2. The van der Waals surface area contributed by atoms with Crippen LogP contribution in [0.15, 0.2) is 59.6 Å². The van der Waals surface area contributed by atoms with Crippen molar-refractivity contribution in [3.63, 3.8) is 0 Å². The summed E-state index contributed by atoms with van der Waals surface area (Å²) in [6.07, 6.45) is 3.29. The highest BCUT2D eigenvalue weighted by Gasteiger charge is 2.21. The van der Waals surface area contributed by atoms with Crippen LogP contribution >= 0.6 is 0 Å². The molecule has 2 aliphatic rings. The third-order valence-electron chi connectivity index (χ3n) is 6.34. The minimum atomic E-state index is 0.204. The first-order chi connectivity index (χ1) is 16.2. The van der Waals surface area contributed by atoms with E-state index >= 15 is 0 Å². The van der Waals surface area contributed by atoms with Crippen molar-refractivity contribution in [3.8, 4) is 28.5 Å². The van der Waals surface area contributed by atoms with Crippen LogP contribution in [0.5, 0.6) is 17.2 Å². The minimum absolute atomic E-state index is 0.204. The van der Waals surface area contributed by atoms with Crippen molar-refractivity contribution in [1.82, 2.24) is 4.57 Å². The van der Waals surface area contributed by atoms with Crippen molar-refractivity contribution in [2.24, 2.45) is 4.99 Å². The zero-order chi connectivity index (χ0) is 22.6. The Balaban J connectivity index is 1.56. The molecule has 1 saturated heterocycles. The van der Waals surface area contributed by atoms with Crippen LogP contribution in [0.4, 0.5) is 0 Å². The molecule has 6 heteroatoms. The Labute approximate surface area is 194 Å². The van der Waals surface area contributed by atoms with E-state index in [9.17, 15) is 0 Å². The normalized spacial score (nSPS) is 17.4. The lowest BCUT2D eigenvalue weighted by molar-refractivity contribution is 0.117. The summed E-state index contributed by atoms with van der Waals surface area (Å²) < 4.78 is 25.4. The Hall–Kier alpha value is -3.25. The van der Waals surface area contributed by atoms with E-state index in [0.717, 1.165) is 72.0 Å². The van der Waals surface area contributed by atoms with Gasteiger partial charge in [0.05, 0.1) is 32.6 Å². The first-order valence-electron chi connectivity index (χ1n) is 11.5. The molecule has 1 fully saturated rings. The molecule has 2 aliphatic heterocycles. The summed E-state index contributed by atoms with van der Waals surface area (Å²) in [5.74, 6) is 2.28. The van der Waals surface area contributed by atoms with Gasteiger partial charge in [-0.25, -0.2) is 0 Å². The van der Waals surface area contributed by atoms with Gasteiger partial charge in [-0.1, -0.05) is 30.3 Å². The van der Waals surface area contributed by atoms with Crippen LogP contribution in [0.1, 0.15) is 24.0 Å². The van der Waals surface area contributed by atoms with Crippen molar-refractivity contribution < 1.29 is 18.9 Å². The van der Waals surface area contributed by atoms with Crippen LogP contribution in [0.3, 0.4) is 0 Å². The lowest BCUT2D eigenvalue weighted by atomic mass is 9.96. The number of ether oxygens (including phenoxy) is 4. The number of hydrogen-bond donors (Lipinski definition) is 0. The summed E-state index contributed by atoms with van der Waals surface area (Å²) in [4.78, 5) is 4.97. The Morgan fingerprint density at radius 3 is 2.61 bits per heavy atom. The molecule has 172 valence electrons. The number of aromatic nitrogens is 1. The zero-order valence-corrected chi connectivity index (χ0v) is 19.3. The van der Waals surface area contributed by atoms with Crippen molar-refractivity contribution >= 4 is 0 Å². The fourth-order valence-corrected chi connectivity index (χ4v) is 4.58.